The van der Waals surface area contributed by atoms with Crippen LogP contribution in [0.15, 0.2) is 29.3 Å². The lowest BCUT2D eigenvalue weighted by Crippen LogP contribution is -2.57. The zero-order valence-electron chi connectivity index (χ0n) is 19.1. The SMILES string of the molecule is CN=C(NCCNC(=O)Cc1ccc(F)cc1)N1CCN(C(C)C(=O)N2CCCC2)CC1. The summed E-state index contributed by atoms with van der Waals surface area (Å²) in [5, 5.41) is 6.17. The van der Waals surface area contributed by atoms with E-state index in [0.29, 0.717) is 13.1 Å². The van der Waals surface area contributed by atoms with E-state index in [-0.39, 0.29) is 30.1 Å². The summed E-state index contributed by atoms with van der Waals surface area (Å²) in [6.45, 7) is 8.05. The van der Waals surface area contributed by atoms with Crippen LogP contribution in [0.1, 0.15) is 25.3 Å². The lowest BCUT2D eigenvalue weighted by atomic mass is 10.1. The summed E-state index contributed by atoms with van der Waals surface area (Å²) in [4.78, 5) is 35.5. The number of carbonyl (C=O) groups is 2. The predicted molar refractivity (Wildman–Crippen MR) is 123 cm³/mol. The number of amides is 2. The van der Waals surface area contributed by atoms with E-state index in [4.69, 9.17) is 0 Å². The van der Waals surface area contributed by atoms with Crippen molar-refractivity contribution in [2.75, 3.05) is 59.4 Å². The first-order valence-corrected chi connectivity index (χ1v) is 11.5. The number of hydrogen-bond donors (Lipinski definition) is 2. The van der Waals surface area contributed by atoms with Gasteiger partial charge in [-0.25, -0.2) is 4.39 Å². The van der Waals surface area contributed by atoms with E-state index in [1.165, 1.54) is 12.1 Å². The lowest BCUT2D eigenvalue weighted by Gasteiger charge is -2.39. The van der Waals surface area contributed by atoms with E-state index in [9.17, 15) is 14.0 Å². The maximum absolute atomic E-state index is 13.0. The summed E-state index contributed by atoms with van der Waals surface area (Å²) in [5.41, 5.74) is 0.781. The summed E-state index contributed by atoms with van der Waals surface area (Å²) < 4.78 is 13.0. The molecule has 0 aromatic heterocycles. The van der Waals surface area contributed by atoms with Crippen LogP contribution >= 0.6 is 0 Å². The van der Waals surface area contributed by atoms with Gasteiger partial charge in [0.25, 0.3) is 0 Å². The highest BCUT2D eigenvalue weighted by molar-refractivity contribution is 5.82. The summed E-state index contributed by atoms with van der Waals surface area (Å²) in [6, 6.07) is 5.87. The third kappa shape index (κ3) is 6.66. The Bertz CT molecular complexity index is 786. The van der Waals surface area contributed by atoms with Gasteiger partial charge in [-0.15, -0.1) is 0 Å². The van der Waals surface area contributed by atoms with Crippen LogP contribution in [0.3, 0.4) is 0 Å². The number of nitrogens with one attached hydrogen (secondary N) is 2. The van der Waals surface area contributed by atoms with E-state index in [1.54, 1.807) is 19.2 Å². The van der Waals surface area contributed by atoms with Gasteiger partial charge in [0, 0.05) is 59.4 Å². The zero-order chi connectivity index (χ0) is 22.9. The van der Waals surface area contributed by atoms with Gasteiger partial charge in [-0.3, -0.25) is 19.5 Å². The molecule has 2 aliphatic heterocycles. The molecule has 8 nitrogen and oxygen atoms in total. The quantitative estimate of drug-likeness (QED) is 0.366. The Kier molecular flexibility index (Phi) is 8.84. The molecule has 2 aliphatic rings. The molecule has 0 saturated carbocycles. The number of hydrogen-bond acceptors (Lipinski definition) is 4. The molecule has 2 saturated heterocycles. The van der Waals surface area contributed by atoms with Crippen molar-refractivity contribution in [1.82, 2.24) is 25.3 Å². The number of nitrogens with zero attached hydrogens (tertiary/aromatic N) is 4. The molecule has 1 unspecified atom stereocenters. The fourth-order valence-corrected chi connectivity index (χ4v) is 4.24. The first-order chi connectivity index (χ1) is 15.5. The number of likely N-dealkylation sites (tertiary alicyclic amines) is 1. The number of benzene rings is 1. The summed E-state index contributed by atoms with van der Waals surface area (Å²) in [5.74, 6) is 0.641. The molecule has 3 rings (SSSR count). The molecule has 1 aromatic carbocycles. The molecule has 2 N–H and O–H groups in total. The van der Waals surface area contributed by atoms with Gasteiger partial charge in [0.2, 0.25) is 11.8 Å². The highest BCUT2D eigenvalue weighted by atomic mass is 19.1. The van der Waals surface area contributed by atoms with E-state index < -0.39 is 0 Å². The molecule has 2 amide bonds. The third-order valence-electron chi connectivity index (χ3n) is 6.16. The first kappa shape index (κ1) is 24.0. The normalized spacial score (nSPS) is 18.5. The van der Waals surface area contributed by atoms with Gasteiger partial charge >= 0.3 is 0 Å². The second-order valence-electron chi connectivity index (χ2n) is 8.36. The fourth-order valence-electron chi connectivity index (χ4n) is 4.24. The van der Waals surface area contributed by atoms with E-state index in [1.807, 2.05) is 11.8 Å². The summed E-state index contributed by atoms with van der Waals surface area (Å²) in [6.07, 6.45) is 2.45. The maximum Gasteiger partial charge on any atom is 0.239 e. The Morgan fingerprint density at radius 1 is 0.969 bits per heavy atom. The van der Waals surface area contributed by atoms with Crippen LogP contribution in [-0.2, 0) is 16.0 Å². The van der Waals surface area contributed by atoms with Crippen molar-refractivity contribution in [3.05, 3.63) is 35.6 Å². The summed E-state index contributed by atoms with van der Waals surface area (Å²) in [7, 11) is 1.75. The van der Waals surface area contributed by atoms with Gasteiger partial charge in [0.1, 0.15) is 5.82 Å². The molecule has 2 heterocycles. The van der Waals surface area contributed by atoms with Crippen molar-refractivity contribution in [1.29, 1.82) is 0 Å². The third-order valence-corrected chi connectivity index (χ3v) is 6.16. The van der Waals surface area contributed by atoms with Crippen molar-refractivity contribution in [3.63, 3.8) is 0 Å². The summed E-state index contributed by atoms with van der Waals surface area (Å²) >= 11 is 0. The smallest absolute Gasteiger partial charge is 0.239 e. The molecule has 0 radical (unpaired) electrons. The minimum Gasteiger partial charge on any atom is -0.354 e. The molecule has 2 fully saturated rings. The fraction of sp³-hybridized carbons (Fsp3) is 0.609. The first-order valence-electron chi connectivity index (χ1n) is 11.5. The van der Waals surface area contributed by atoms with Crippen LogP contribution in [0, 0.1) is 5.82 Å². The molecule has 176 valence electrons. The van der Waals surface area contributed by atoms with Gasteiger partial charge in [0.15, 0.2) is 5.96 Å². The van der Waals surface area contributed by atoms with Gasteiger partial charge in [-0.2, -0.15) is 0 Å². The monoisotopic (exact) mass is 446 g/mol. The van der Waals surface area contributed by atoms with Crippen LogP contribution in [0.5, 0.6) is 0 Å². The van der Waals surface area contributed by atoms with Crippen LogP contribution in [-0.4, -0.2) is 97.9 Å². The predicted octanol–water partition coefficient (Wildman–Crippen LogP) is 0.688. The van der Waals surface area contributed by atoms with Crippen molar-refractivity contribution in [3.8, 4) is 0 Å². The topological polar surface area (TPSA) is 80.3 Å². The molecule has 0 aliphatic carbocycles. The molecular weight excluding hydrogens is 411 g/mol. The molecule has 1 aromatic rings. The molecule has 0 spiro atoms. The largest absolute Gasteiger partial charge is 0.354 e. The van der Waals surface area contributed by atoms with Crippen LogP contribution in [0.4, 0.5) is 4.39 Å². The lowest BCUT2D eigenvalue weighted by molar-refractivity contribution is -0.135. The van der Waals surface area contributed by atoms with Crippen LogP contribution < -0.4 is 10.6 Å². The van der Waals surface area contributed by atoms with Gasteiger partial charge in [-0.1, -0.05) is 12.1 Å². The minimum absolute atomic E-state index is 0.0819. The zero-order valence-corrected chi connectivity index (χ0v) is 19.1. The van der Waals surface area contributed by atoms with E-state index in [2.05, 4.69) is 25.4 Å². The van der Waals surface area contributed by atoms with E-state index >= 15 is 0 Å². The number of piperazine rings is 1. The average Bonchev–Trinajstić information content (AvgIpc) is 3.35. The molecule has 9 heteroatoms. The van der Waals surface area contributed by atoms with Crippen LogP contribution in [0.2, 0.25) is 0 Å². The Labute approximate surface area is 189 Å². The Hall–Kier alpha value is -2.68. The van der Waals surface area contributed by atoms with Gasteiger partial charge in [-0.05, 0) is 37.5 Å². The number of rotatable bonds is 7. The number of aliphatic imine (C=N–C) groups is 1. The second-order valence-corrected chi connectivity index (χ2v) is 8.36. The highest BCUT2D eigenvalue weighted by Gasteiger charge is 2.30. The Morgan fingerprint density at radius 3 is 2.22 bits per heavy atom. The second kappa shape index (κ2) is 11.8. The molecule has 0 bridgehead atoms. The van der Waals surface area contributed by atoms with Crippen molar-refractivity contribution in [2.24, 2.45) is 4.99 Å². The molecular formula is C23H35FN6O2. The standard InChI is InChI=1S/C23H35FN6O2/c1-18(22(32)29-11-3-4-12-29)28-13-15-30(16-14-28)23(25-2)27-10-9-26-21(31)17-19-5-7-20(24)8-6-19/h5-8,18H,3-4,9-17H2,1-2H3,(H,25,27)(H,26,31). The van der Waals surface area contributed by atoms with Crippen molar-refractivity contribution < 1.29 is 14.0 Å². The minimum atomic E-state index is -0.307. The van der Waals surface area contributed by atoms with E-state index in [0.717, 1.165) is 63.6 Å². The highest BCUT2D eigenvalue weighted by Crippen LogP contribution is 2.14. The number of carbonyl (C=O) groups excluding carboxylic acids is 2. The van der Waals surface area contributed by atoms with Crippen molar-refractivity contribution in [2.45, 2.75) is 32.2 Å². The van der Waals surface area contributed by atoms with Gasteiger partial charge < -0.3 is 20.4 Å². The Morgan fingerprint density at radius 2 is 1.59 bits per heavy atom. The Balaban J connectivity index is 1.35. The van der Waals surface area contributed by atoms with Crippen molar-refractivity contribution >= 4 is 17.8 Å². The van der Waals surface area contributed by atoms with Gasteiger partial charge in [0.05, 0.1) is 12.5 Å². The maximum atomic E-state index is 13.0. The number of guanidine groups is 1. The average molecular weight is 447 g/mol. The number of halogens is 1. The van der Waals surface area contributed by atoms with Crippen LogP contribution in [0.25, 0.3) is 0 Å². The molecule has 32 heavy (non-hydrogen) atoms. The molecule has 1 atom stereocenters.